The molecule has 2 aliphatic rings. The summed E-state index contributed by atoms with van der Waals surface area (Å²) in [5.41, 5.74) is 3.27. The third kappa shape index (κ3) is 4.39. The maximum atomic E-state index is 12.9. The molecule has 2 aromatic rings. The van der Waals surface area contributed by atoms with Crippen LogP contribution in [0.15, 0.2) is 64.3 Å². The van der Waals surface area contributed by atoms with Gasteiger partial charge in [0.15, 0.2) is 11.5 Å². The third-order valence-electron chi connectivity index (χ3n) is 4.90. The van der Waals surface area contributed by atoms with Crippen LogP contribution in [0.2, 0.25) is 0 Å². The quantitative estimate of drug-likeness (QED) is 0.693. The predicted molar refractivity (Wildman–Crippen MR) is 123 cm³/mol. The molecule has 0 bridgehead atoms. The lowest BCUT2D eigenvalue weighted by atomic mass is 10.1. The van der Waals surface area contributed by atoms with Crippen LogP contribution in [-0.4, -0.2) is 33.5 Å². The number of nitrogens with zero attached hydrogens (tertiary/aromatic N) is 1. The number of carbonyl (C=O) groups excluding carboxylic acids is 1. The Labute approximate surface area is 185 Å². The molecular formula is C23H23N3O4S. The number of allylic oxidation sites excluding steroid dienone is 1. The van der Waals surface area contributed by atoms with Crippen LogP contribution in [0.25, 0.3) is 0 Å². The topological polar surface area (TPSA) is 81.2 Å². The van der Waals surface area contributed by atoms with Crippen molar-refractivity contribution in [2.24, 2.45) is 4.99 Å². The second-order valence-corrected chi connectivity index (χ2v) is 7.96. The Bertz CT molecular complexity index is 1070. The number of anilines is 1. The number of nitrogens with one attached hydrogen (secondary N) is 2. The number of aliphatic imine (C=N–C) groups is 1. The largest absolute Gasteiger partial charge is 0.493 e. The van der Waals surface area contributed by atoms with Crippen LogP contribution in [0.5, 0.6) is 17.2 Å². The van der Waals surface area contributed by atoms with Crippen LogP contribution in [0.1, 0.15) is 27.7 Å². The predicted octanol–water partition coefficient (Wildman–Crippen LogP) is 4.50. The molecule has 1 fully saturated rings. The van der Waals surface area contributed by atoms with E-state index in [0.29, 0.717) is 28.5 Å². The van der Waals surface area contributed by atoms with Crippen LogP contribution in [0.3, 0.4) is 0 Å². The summed E-state index contributed by atoms with van der Waals surface area (Å²) >= 11 is 1.71. The Balaban J connectivity index is 1.54. The summed E-state index contributed by atoms with van der Waals surface area (Å²) in [7, 11) is 4.56. The van der Waals surface area contributed by atoms with E-state index in [9.17, 15) is 4.79 Å². The number of benzene rings is 2. The normalized spacial score (nSPS) is 16.9. The van der Waals surface area contributed by atoms with E-state index in [2.05, 4.69) is 21.7 Å². The number of ether oxygens (including phenoxy) is 3. The van der Waals surface area contributed by atoms with Crippen molar-refractivity contribution in [2.75, 3.05) is 26.6 Å². The minimum atomic E-state index is -0.270. The maximum Gasteiger partial charge on any atom is 0.255 e. The summed E-state index contributed by atoms with van der Waals surface area (Å²) in [6.07, 6.45) is 6.70. The van der Waals surface area contributed by atoms with Gasteiger partial charge in [-0.25, -0.2) is 0 Å². The molecule has 2 N–H and O–H groups in total. The minimum absolute atomic E-state index is 0.0591. The molecule has 2 aliphatic heterocycles. The Morgan fingerprint density at radius 3 is 2.61 bits per heavy atom. The zero-order chi connectivity index (χ0) is 21.8. The highest BCUT2D eigenvalue weighted by Gasteiger charge is 2.26. The zero-order valence-electron chi connectivity index (χ0n) is 17.5. The van der Waals surface area contributed by atoms with E-state index in [1.54, 1.807) is 23.9 Å². The van der Waals surface area contributed by atoms with Gasteiger partial charge in [-0.15, -0.1) is 0 Å². The molecule has 7 nitrogen and oxygen atoms in total. The molecule has 4 rings (SSSR count). The average molecular weight is 438 g/mol. The molecular weight excluding hydrogens is 414 g/mol. The summed E-state index contributed by atoms with van der Waals surface area (Å²) in [6.45, 7) is 0. The maximum absolute atomic E-state index is 12.9. The highest BCUT2D eigenvalue weighted by Crippen LogP contribution is 2.44. The fourth-order valence-electron chi connectivity index (χ4n) is 3.39. The number of hydrogen-bond acceptors (Lipinski definition) is 7. The number of rotatable bonds is 6. The summed E-state index contributed by atoms with van der Waals surface area (Å²) in [4.78, 5) is 18.3. The molecule has 2 aromatic carbocycles. The van der Waals surface area contributed by atoms with Crippen molar-refractivity contribution in [3.8, 4) is 17.2 Å². The number of carbonyl (C=O) groups is 1. The molecule has 0 spiro atoms. The second kappa shape index (κ2) is 9.18. The summed E-state index contributed by atoms with van der Waals surface area (Å²) in [6, 6.07) is 11.0. The van der Waals surface area contributed by atoms with Gasteiger partial charge in [-0.1, -0.05) is 30.0 Å². The van der Waals surface area contributed by atoms with Gasteiger partial charge in [-0.3, -0.25) is 9.79 Å². The number of thioether (sulfide) groups is 1. The van der Waals surface area contributed by atoms with E-state index in [-0.39, 0.29) is 11.3 Å². The Morgan fingerprint density at radius 1 is 1.13 bits per heavy atom. The third-order valence-corrected chi connectivity index (χ3v) is 6.10. The van der Waals surface area contributed by atoms with Gasteiger partial charge in [0.25, 0.3) is 5.91 Å². The molecule has 1 unspecified atom stereocenters. The first-order valence-electron chi connectivity index (χ1n) is 9.69. The van der Waals surface area contributed by atoms with Crippen molar-refractivity contribution >= 4 is 29.6 Å². The molecule has 1 saturated heterocycles. The van der Waals surface area contributed by atoms with E-state index < -0.39 is 0 Å². The van der Waals surface area contributed by atoms with Crippen molar-refractivity contribution in [2.45, 2.75) is 11.8 Å². The molecule has 1 amide bonds. The summed E-state index contributed by atoms with van der Waals surface area (Å²) < 4.78 is 16.0. The van der Waals surface area contributed by atoms with Gasteiger partial charge in [0.1, 0.15) is 5.37 Å². The zero-order valence-corrected chi connectivity index (χ0v) is 18.3. The number of methoxy groups -OCH3 is 3. The van der Waals surface area contributed by atoms with Gasteiger partial charge < -0.3 is 24.8 Å². The van der Waals surface area contributed by atoms with Crippen LogP contribution in [-0.2, 0) is 0 Å². The van der Waals surface area contributed by atoms with Gasteiger partial charge >= 0.3 is 0 Å². The van der Waals surface area contributed by atoms with Gasteiger partial charge in [-0.05, 0) is 29.8 Å². The molecule has 8 heteroatoms. The lowest BCUT2D eigenvalue weighted by Crippen LogP contribution is -2.14. The second-order valence-electron chi connectivity index (χ2n) is 6.81. The summed E-state index contributed by atoms with van der Waals surface area (Å²) in [5, 5.41) is 6.53. The van der Waals surface area contributed by atoms with Gasteiger partial charge in [0.2, 0.25) is 5.75 Å². The number of fused-ring (bicyclic) bond motifs is 1. The standard InChI is InChI=1S/C23H23N3O4S/c1-28-18-11-15(12-19(29-2)21(18)30-3)22(27)25-16-7-4-6-14(10-16)23-26-17-8-5-9-24-13-20(17)31-23/h4,6-13,23,26H,5H2,1-3H3,(H,25,27). The minimum Gasteiger partial charge on any atom is -0.493 e. The fraction of sp³-hybridized carbons (Fsp3) is 0.217. The Kier molecular flexibility index (Phi) is 6.18. The van der Waals surface area contributed by atoms with Crippen molar-refractivity contribution in [3.05, 3.63) is 70.4 Å². The molecule has 0 aliphatic carbocycles. The van der Waals surface area contributed by atoms with Gasteiger partial charge in [0, 0.05) is 35.8 Å². The van der Waals surface area contributed by atoms with Gasteiger partial charge in [0.05, 0.1) is 26.2 Å². The van der Waals surface area contributed by atoms with E-state index in [0.717, 1.165) is 22.6 Å². The monoisotopic (exact) mass is 437 g/mol. The van der Waals surface area contributed by atoms with Crippen molar-refractivity contribution < 1.29 is 19.0 Å². The smallest absolute Gasteiger partial charge is 0.255 e. The van der Waals surface area contributed by atoms with Crippen molar-refractivity contribution in [3.63, 3.8) is 0 Å². The van der Waals surface area contributed by atoms with E-state index >= 15 is 0 Å². The van der Waals surface area contributed by atoms with E-state index in [1.807, 2.05) is 36.7 Å². The number of hydrogen-bond donors (Lipinski definition) is 2. The van der Waals surface area contributed by atoms with Crippen LogP contribution >= 0.6 is 11.8 Å². The average Bonchev–Trinajstić information content (AvgIpc) is 3.08. The molecule has 31 heavy (non-hydrogen) atoms. The molecule has 1 atom stereocenters. The first-order valence-corrected chi connectivity index (χ1v) is 10.6. The molecule has 0 radical (unpaired) electrons. The molecule has 0 aromatic heterocycles. The van der Waals surface area contributed by atoms with Crippen LogP contribution < -0.4 is 24.8 Å². The van der Waals surface area contributed by atoms with Crippen LogP contribution in [0, 0.1) is 0 Å². The number of amides is 1. The van der Waals surface area contributed by atoms with E-state index in [1.165, 1.54) is 21.3 Å². The Morgan fingerprint density at radius 2 is 1.90 bits per heavy atom. The van der Waals surface area contributed by atoms with Crippen molar-refractivity contribution in [1.29, 1.82) is 0 Å². The first kappa shape index (κ1) is 20.9. The highest BCUT2D eigenvalue weighted by molar-refractivity contribution is 8.03. The molecule has 160 valence electrons. The van der Waals surface area contributed by atoms with Gasteiger partial charge in [-0.2, -0.15) is 0 Å². The van der Waals surface area contributed by atoms with Crippen molar-refractivity contribution in [1.82, 2.24) is 5.32 Å². The Hall–Kier alpha value is -3.39. The lowest BCUT2D eigenvalue weighted by Gasteiger charge is -2.15. The fourth-order valence-corrected chi connectivity index (χ4v) is 4.50. The molecule has 2 heterocycles. The van der Waals surface area contributed by atoms with E-state index in [4.69, 9.17) is 14.2 Å². The highest BCUT2D eigenvalue weighted by atomic mass is 32.2. The SMILES string of the molecule is COc1cc(C(=O)Nc2cccc(C3NC4=CCC=NC=C4S3)c2)cc(OC)c1OC. The first-order chi connectivity index (χ1) is 15.1. The molecule has 0 saturated carbocycles. The van der Waals surface area contributed by atoms with Crippen LogP contribution in [0.4, 0.5) is 5.69 Å². The summed E-state index contributed by atoms with van der Waals surface area (Å²) in [5.74, 6) is 1.02. The lowest BCUT2D eigenvalue weighted by molar-refractivity contribution is 0.102.